The summed E-state index contributed by atoms with van der Waals surface area (Å²) in [4.78, 5) is 16.1. The predicted octanol–water partition coefficient (Wildman–Crippen LogP) is 1.75. The van der Waals surface area contributed by atoms with Gasteiger partial charge in [0, 0.05) is 25.0 Å². The van der Waals surface area contributed by atoms with Crippen molar-refractivity contribution in [2.24, 2.45) is 5.92 Å². The number of ether oxygens (including phenoxy) is 1. The Morgan fingerprint density at radius 2 is 2.59 bits per heavy atom. The number of rotatable bonds is 5. The lowest BCUT2D eigenvalue weighted by Gasteiger charge is -2.07. The molecule has 0 radical (unpaired) electrons. The van der Waals surface area contributed by atoms with Crippen LogP contribution in [-0.4, -0.2) is 24.1 Å². The third kappa shape index (κ3) is 3.78. The predicted molar refractivity (Wildman–Crippen MR) is 66.9 cm³/mol. The lowest BCUT2D eigenvalue weighted by atomic mass is 10.1. The summed E-state index contributed by atoms with van der Waals surface area (Å²) in [6.45, 7) is 4.16. The Kier molecular flexibility index (Phi) is 4.50. The molecule has 1 aliphatic rings. The number of amides is 1. The summed E-state index contributed by atoms with van der Waals surface area (Å²) in [5, 5.41) is 5.95. The fourth-order valence-corrected chi connectivity index (χ4v) is 2.66. The van der Waals surface area contributed by atoms with E-state index in [4.69, 9.17) is 4.74 Å². The quantitative estimate of drug-likeness (QED) is 0.871. The molecule has 17 heavy (non-hydrogen) atoms. The highest BCUT2D eigenvalue weighted by Crippen LogP contribution is 2.16. The van der Waals surface area contributed by atoms with Gasteiger partial charge in [-0.1, -0.05) is 6.92 Å². The van der Waals surface area contributed by atoms with Gasteiger partial charge in [-0.15, -0.1) is 11.3 Å². The fourth-order valence-electron chi connectivity index (χ4n) is 1.85. The zero-order valence-electron chi connectivity index (χ0n) is 10.1. The second kappa shape index (κ2) is 6.12. The Morgan fingerprint density at radius 3 is 3.24 bits per heavy atom. The van der Waals surface area contributed by atoms with Gasteiger partial charge in [0.15, 0.2) is 0 Å². The van der Waals surface area contributed by atoms with Gasteiger partial charge in [0.25, 0.3) is 0 Å². The molecule has 4 nitrogen and oxygen atoms in total. The maximum Gasteiger partial charge on any atom is 0.220 e. The van der Waals surface area contributed by atoms with Gasteiger partial charge >= 0.3 is 0 Å². The van der Waals surface area contributed by atoms with Crippen LogP contribution >= 0.6 is 11.3 Å². The Bertz CT molecular complexity index is 372. The first-order valence-corrected chi connectivity index (χ1v) is 6.93. The van der Waals surface area contributed by atoms with E-state index in [0.29, 0.717) is 18.9 Å². The molecule has 0 saturated carbocycles. The number of aromatic nitrogens is 1. The molecule has 5 heteroatoms. The molecule has 0 aliphatic carbocycles. The van der Waals surface area contributed by atoms with Crippen LogP contribution in [0.5, 0.6) is 0 Å². The number of nitrogens with one attached hydrogen (secondary N) is 1. The minimum Gasteiger partial charge on any atom is -0.381 e. The van der Waals surface area contributed by atoms with Crippen molar-refractivity contribution in [2.75, 3.05) is 13.2 Å². The molecule has 0 bridgehead atoms. The second-order valence-corrected chi connectivity index (χ2v) is 5.24. The third-order valence-electron chi connectivity index (χ3n) is 2.90. The maximum atomic E-state index is 11.7. The average Bonchev–Trinajstić information content (AvgIpc) is 2.96. The lowest BCUT2D eigenvalue weighted by Crippen LogP contribution is -2.25. The van der Waals surface area contributed by atoms with Crippen LogP contribution < -0.4 is 5.32 Å². The number of thiazole rings is 1. The molecule has 1 fully saturated rings. The van der Waals surface area contributed by atoms with E-state index >= 15 is 0 Å². The van der Waals surface area contributed by atoms with Gasteiger partial charge in [0.2, 0.25) is 5.91 Å². The smallest absolute Gasteiger partial charge is 0.220 e. The van der Waals surface area contributed by atoms with Crippen LogP contribution in [0.3, 0.4) is 0 Å². The van der Waals surface area contributed by atoms with Crippen LogP contribution in [0, 0.1) is 5.92 Å². The van der Waals surface area contributed by atoms with E-state index in [1.807, 2.05) is 5.38 Å². The molecule has 1 N–H and O–H groups in total. The van der Waals surface area contributed by atoms with Crippen LogP contribution in [0.25, 0.3) is 0 Å². The van der Waals surface area contributed by atoms with Crippen molar-refractivity contribution in [2.45, 2.75) is 32.7 Å². The molecule has 0 spiro atoms. The first kappa shape index (κ1) is 12.5. The monoisotopic (exact) mass is 254 g/mol. The third-order valence-corrected chi connectivity index (χ3v) is 3.79. The summed E-state index contributed by atoms with van der Waals surface area (Å²) in [5.41, 5.74) is 1.10. The lowest BCUT2D eigenvalue weighted by molar-refractivity contribution is -0.122. The molecule has 0 aromatic carbocycles. The van der Waals surface area contributed by atoms with E-state index in [0.717, 1.165) is 36.8 Å². The maximum absolute atomic E-state index is 11.7. The van der Waals surface area contributed by atoms with E-state index in [1.54, 1.807) is 11.3 Å². The summed E-state index contributed by atoms with van der Waals surface area (Å²) in [6.07, 6.45) is 2.53. The first-order valence-electron chi connectivity index (χ1n) is 6.05. The van der Waals surface area contributed by atoms with Crippen molar-refractivity contribution in [3.8, 4) is 0 Å². The SMILES string of the molecule is CCc1csc(CNC(=O)C[C@H]2CCOC2)n1. The molecule has 1 amide bonds. The Labute approximate surface area is 105 Å². The van der Waals surface area contributed by atoms with Gasteiger partial charge in [-0.25, -0.2) is 4.98 Å². The second-order valence-electron chi connectivity index (χ2n) is 4.30. The Morgan fingerprint density at radius 1 is 1.71 bits per heavy atom. The Balaban J connectivity index is 1.71. The molecule has 1 aromatic heterocycles. The van der Waals surface area contributed by atoms with E-state index in [1.165, 1.54) is 0 Å². The Hall–Kier alpha value is -0.940. The summed E-state index contributed by atoms with van der Waals surface area (Å²) < 4.78 is 5.25. The minimum atomic E-state index is 0.105. The van der Waals surface area contributed by atoms with E-state index < -0.39 is 0 Å². The average molecular weight is 254 g/mol. The number of hydrogen-bond acceptors (Lipinski definition) is 4. The highest BCUT2D eigenvalue weighted by molar-refractivity contribution is 7.09. The summed E-state index contributed by atoms with van der Waals surface area (Å²) >= 11 is 1.61. The van der Waals surface area contributed by atoms with Gasteiger partial charge in [-0.3, -0.25) is 4.79 Å². The van der Waals surface area contributed by atoms with Crippen molar-refractivity contribution in [1.82, 2.24) is 10.3 Å². The largest absolute Gasteiger partial charge is 0.381 e. The topological polar surface area (TPSA) is 51.2 Å². The number of carbonyl (C=O) groups is 1. The van der Waals surface area contributed by atoms with Gasteiger partial charge in [0.1, 0.15) is 5.01 Å². The molecule has 2 rings (SSSR count). The molecule has 1 aliphatic heterocycles. The highest BCUT2D eigenvalue weighted by atomic mass is 32.1. The zero-order chi connectivity index (χ0) is 12.1. The molecule has 1 saturated heterocycles. The van der Waals surface area contributed by atoms with Crippen molar-refractivity contribution in [3.63, 3.8) is 0 Å². The van der Waals surface area contributed by atoms with Crippen LogP contribution in [-0.2, 0) is 22.5 Å². The number of hydrogen-bond donors (Lipinski definition) is 1. The fraction of sp³-hybridized carbons (Fsp3) is 0.667. The van der Waals surface area contributed by atoms with Crippen LogP contribution in [0.4, 0.5) is 0 Å². The van der Waals surface area contributed by atoms with Gasteiger partial charge in [-0.05, 0) is 18.8 Å². The molecular formula is C12H18N2O2S. The van der Waals surface area contributed by atoms with Gasteiger partial charge in [0.05, 0.1) is 12.2 Å². The van der Waals surface area contributed by atoms with Gasteiger partial charge in [-0.2, -0.15) is 0 Å². The summed E-state index contributed by atoms with van der Waals surface area (Å²) in [5.74, 6) is 0.506. The first-order chi connectivity index (χ1) is 8.28. The summed E-state index contributed by atoms with van der Waals surface area (Å²) in [6, 6.07) is 0. The van der Waals surface area contributed by atoms with Crippen LogP contribution in [0.1, 0.15) is 30.5 Å². The highest BCUT2D eigenvalue weighted by Gasteiger charge is 2.18. The van der Waals surface area contributed by atoms with E-state index in [2.05, 4.69) is 17.2 Å². The molecular weight excluding hydrogens is 236 g/mol. The molecule has 1 atom stereocenters. The number of carbonyl (C=O) groups excluding carboxylic acids is 1. The minimum absolute atomic E-state index is 0.105. The van der Waals surface area contributed by atoms with Crippen molar-refractivity contribution in [1.29, 1.82) is 0 Å². The normalized spacial score (nSPS) is 19.5. The zero-order valence-corrected chi connectivity index (χ0v) is 10.9. The summed E-state index contributed by atoms with van der Waals surface area (Å²) in [7, 11) is 0. The van der Waals surface area contributed by atoms with Crippen molar-refractivity contribution >= 4 is 17.2 Å². The number of aryl methyl sites for hydroxylation is 1. The van der Waals surface area contributed by atoms with Gasteiger partial charge < -0.3 is 10.1 Å². The molecule has 0 unspecified atom stereocenters. The number of nitrogens with zero attached hydrogens (tertiary/aromatic N) is 1. The van der Waals surface area contributed by atoms with E-state index in [9.17, 15) is 4.79 Å². The molecule has 1 aromatic rings. The van der Waals surface area contributed by atoms with E-state index in [-0.39, 0.29) is 5.91 Å². The molecule has 2 heterocycles. The van der Waals surface area contributed by atoms with Crippen molar-refractivity contribution in [3.05, 3.63) is 16.1 Å². The van der Waals surface area contributed by atoms with Crippen LogP contribution in [0.2, 0.25) is 0 Å². The van der Waals surface area contributed by atoms with Crippen molar-refractivity contribution < 1.29 is 9.53 Å². The van der Waals surface area contributed by atoms with Crippen LogP contribution in [0.15, 0.2) is 5.38 Å². The molecule has 94 valence electrons. The standard InChI is InChI=1S/C12H18N2O2S/c1-2-10-8-17-12(14-10)6-13-11(15)5-9-3-4-16-7-9/h8-9H,2-7H2,1H3,(H,13,15)/t9-/m1/s1.